The first-order chi connectivity index (χ1) is 13.6. The first kappa shape index (κ1) is 18.0. The fourth-order valence-corrected chi connectivity index (χ4v) is 3.42. The molecule has 1 aliphatic rings. The van der Waals surface area contributed by atoms with Gasteiger partial charge in [-0.15, -0.1) is 0 Å². The highest BCUT2D eigenvalue weighted by atomic mass is 19.1. The molecule has 6 nitrogen and oxygen atoms in total. The predicted octanol–water partition coefficient (Wildman–Crippen LogP) is 3.58. The van der Waals surface area contributed by atoms with Crippen molar-refractivity contribution in [1.82, 2.24) is 14.7 Å². The molecule has 0 unspecified atom stereocenters. The lowest BCUT2D eigenvalue weighted by molar-refractivity contribution is 0.208. The lowest BCUT2D eigenvalue weighted by Crippen LogP contribution is -2.50. The van der Waals surface area contributed by atoms with Gasteiger partial charge in [0, 0.05) is 45.0 Å². The van der Waals surface area contributed by atoms with Crippen LogP contribution in [0.2, 0.25) is 0 Å². The summed E-state index contributed by atoms with van der Waals surface area (Å²) in [5.74, 6) is 0.291. The van der Waals surface area contributed by atoms with Crippen molar-refractivity contribution in [2.45, 2.75) is 0 Å². The van der Waals surface area contributed by atoms with Gasteiger partial charge in [0.1, 0.15) is 5.82 Å². The summed E-state index contributed by atoms with van der Waals surface area (Å²) < 4.78 is 14.8. The van der Waals surface area contributed by atoms with Crippen LogP contribution in [-0.2, 0) is 7.05 Å². The van der Waals surface area contributed by atoms with Gasteiger partial charge in [0.2, 0.25) is 0 Å². The summed E-state index contributed by atoms with van der Waals surface area (Å²) in [5.41, 5.74) is 2.96. The number of hydrogen-bond acceptors (Lipinski definition) is 3. The van der Waals surface area contributed by atoms with Gasteiger partial charge in [-0.3, -0.25) is 10.00 Å². The van der Waals surface area contributed by atoms with Gasteiger partial charge in [0.05, 0.1) is 5.69 Å². The number of benzene rings is 2. The second-order valence-corrected chi connectivity index (χ2v) is 6.79. The number of nitrogens with one attached hydrogen (secondary N) is 1. The maximum absolute atomic E-state index is 13.1. The number of amides is 2. The molecule has 1 fully saturated rings. The van der Waals surface area contributed by atoms with E-state index in [1.165, 1.54) is 12.1 Å². The summed E-state index contributed by atoms with van der Waals surface area (Å²) in [7, 11) is 1.86. The van der Waals surface area contributed by atoms with Crippen molar-refractivity contribution in [1.29, 1.82) is 0 Å². The number of aromatic nitrogens is 2. The third kappa shape index (κ3) is 3.83. The molecule has 2 heterocycles. The van der Waals surface area contributed by atoms with Crippen molar-refractivity contribution in [2.24, 2.45) is 7.05 Å². The SMILES string of the molecule is Cn1nc(NC(=O)N2CCN(c3ccc(F)cc3)CC2)cc1-c1ccccc1. The predicted molar refractivity (Wildman–Crippen MR) is 108 cm³/mol. The Morgan fingerprint density at radius 3 is 2.36 bits per heavy atom. The number of halogens is 1. The van der Waals surface area contributed by atoms with Crippen LogP contribution in [0, 0.1) is 5.82 Å². The third-order valence-electron chi connectivity index (χ3n) is 4.94. The van der Waals surface area contributed by atoms with E-state index >= 15 is 0 Å². The zero-order valence-electron chi connectivity index (χ0n) is 15.7. The third-order valence-corrected chi connectivity index (χ3v) is 4.94. The van der Waals surface area contributed by atoms with Crippen molar-refractivity contribution in [3.05, 3.63) is 66.5 Å². The number of carbonyl (C=O) groups is 1. The molecule has 144 valence electrons. The molecule has 0 radical (unpaired) electrons. The maximum Gasteiger partial charge on any atom is 0.323 e. The fourth-order valence-electron chi connectivity index (χ4n) is 3.42. The number of rotatable bonds is 3. The second-order valence-electron chi connectivity index (χ2n) is 6.79. The van der Waals surface area contributed by atoms with Crippen LogP contribution < -0.4 is 10.2 Å². The first-order valence-corrected chi connectivity index (χ1v) is 9.26. The lowest BCUT2D eigenvalue weighted by Gasteiger charge is -2.35. The van der Waals surface area contributed by atoms with Crippen LogP contribution in [0.4, 0.5) is 20.7 Å². The number of anilines is 2. The zero-order valence-corrected chi connectivity index (χ0v) is 15.7. The van der Waals surface area contributed by atoms with E-state index in [2.05, 4.69) is 15.3 Å². The highest BCUT2D eigenvalue weighted by Crippen LogP contribution is 2.22. The van der Waals surface area contributed by atoms with Gasteiger partial charge in [-0.05, 0) is 29.8 Å². The van der Waals surface area contributed by atoms with Gasteiger partial charge in [-0.25, -0.2) is 9.18 Å². The minimum absolute atomic E-state index is 0.156. The normalized spacial score (nSPS) is 14.2. The van der Waals surface area contributed by atoms with Crippen molar-refractivity contribution < 1.29 is 9.18 Å². The Kier molecular flexibility index (Phi) is 4.97. The Balaban J connectivity index is 1.37. The summed E-state index contributed by atoms with van der Waals surface area (Å²) >= 11 is 0. The van der Waals surface area contributed by atoms with Crippen molar-refractivity contribution >= 4 is 17.5 Å². The molecule has 4 rings (SSSR count). The maximum atomic E-state index is 13.1. The molecule has 2 aromatic carbocycles. The average molecular weight is 379 g/mol. The molecule has 28 heavy (non-hydrogen) atoms. The summed E-state index contributed by atoms with van der Waals surface area (Å²) in [4.78, 5) is 16.5. The van der Waals surface area contributed by atoms with Crippen molar-refractivity contribution in [3.8, 4) is 11.3 Å². The highest BCUT2D eigenvalue weighted by molar-refractivity contribution is 5.89. The topological polar surface area (TPSA) is 53.4 Å². The lowest BCUT2D eigenvalue weighted by atomic mass is 10.1. The van der Waals surface area contributed by atoms with E-state index in [1.807, 2.05) is 43.4 Å². The molecule has 2 amide bonds. The van der Waals surface area contributed by atoms with Crippen molar-refractivity contribution in [2.75, 3.05) is 36.4 Å². The van der Waals surface area contributed by atoms with Gasteiger partial charge in [-0.2, -0.15) is 5.10 Å². The smallest absolute Gasteiger partial charge is 0.323 e. The number of piperazine rings is 1. The first-order valence-electron chi connectivity index (χ1n) is 9.26. The molecule has 1 aromatic heterocycles. The summed E-state index contributed by atoms with van der Waals surface area (Å²) in [6, 6.07) is 18.1. The Hall–Kier alpha value is -3.35. The van der Waals surface area contributed by atoms with E-state index in [4.69, 9.17) is 0 Å². The van der Waals surface area contributed by atoms with E-state index in [9.17, 15) is 9.18 Å². The van der Waals surface area contributed by atoms with Crippen LogP contribution in [0.15, 0.2) is 60.7 Å². The molecule has 1 N–H and O–H groups in total. The van der Waals surface area contributed by atoms with Crippen molar-refractivity contribution in [3.63, 3.8) is 0 Å². The van der Waals surface area contributed by atoms with E-state index in [1.54, 1.807) is 21.7 Å². The van der Waals surface area contributed by atoms with Crippen LogP contribution in [-0.4, -0.2) is 46.9 Å². The van der Waals surface area contributed by atoms with Crippen LogP contribution in [0.1, 0.15) is 0 Å². The zero-order chi connectivity index (χ0) is 19.5. The van der Waals surface area contributed by atoms with Crippen LogP contribution in [0.5, 0.6) is 0 Å². The van der Waals surface area contributed by atoms with Gasteiger partial charge in [0.25, 0.3) is 0 Å². The van der Waals surface area contributed by atoms with E-state index in [-0.39, 0.29) is 11.8 Å². The van der Waals surface area contributed by atoms with Crippen LogP contribution in [0.3, 0.4) is 0 Å². The molecular weight excluding hydrogens is 357 g/mol. The molecular formula is C21H22FN5O. The Morgan fingerprint density at radius 2 is 1.68 bits per heavy atom. The molecule has 0 bridgehead atoms. The molecule has 7 heteroatoms. The molecule has 0 spiro atoms. The molecule has 0 atom stereocenters. The van der Waals surface area contributed by atoms with E-state index < -0.39 is 0 Å². The molecule has 1 saturated heterocycles. The minimum atomic E-state index is -0.244. The number of urea groups is 1. The Labute approximate surface area is 163 Å². The largest absolute Gasteiger partial charge is 0.368 e. The van der Waals surface area contributed by atoms with Crippen LogP contribution >= 0.6 is 0 Å². The average Bonchev–Trinajstić information content (AvgIpc) is 3.09. The van der Waals surface area contributed by atoms with Gasteiger partial charge in [0.15, 0.2) is 5.82 Å². The number of hydrogen-bond donors (Lipinski definition) is 1. The number of aryl methyl sites for hydroxylation is 1. The summed E-state index contributed by atoms with van der Waals surface area (Å²) in [6.45, 7) is 2.61. The quantitative estimate of drug-likeness (QED) is 0.757. The van der Waals surface area contributed by atoms with Crippen LogP contribution in [0.25, 0.3) is 11.3 Å². The summed E-state index contributed by atoms with van der Waals surface area (Å²) in [6.07, 6.45) is 0. The molecule has 1 aliphatic heterocycles. The second kappa shape index (κ2) is 7.72. The standard InChI is InChI=1S/C21H22FN5O/c1-25-19(16-5-3-2-4-6-16)15-20(24-25)23-21(28)27-13-11-26(12-14-27)18-9-7-17(22)8-10-18/h2-10,15H,11-14H2,1H3,(H,23,24,28). The number of nitrogens with zero attached hydrogens (tertiary/aromatic N) is 4. The Bertz CT molecular complexity index is 947. The highest BCUT2D eigenvalue weighted by Gasteiger charge is 2.22. The van der Waals surface area contributed by atoms with E-state index in [0.29, 0.717) is 32.0 Å². The monoisotopic (exact) mass is 379 g/mol. The van der Waals surface area contributed by atoms with Gasteiger partial charge >= 0.3 is 6.03 Å². The van der Waals surface area contributed by atoms with E-state index in [0.717, 1.165) is 16.9 Å². The fraction of sp³-hybridized carbons (Fsp3) is 0.238. The van der Waals surface area contributed by atoms with Gasteiger partial charge < -0.3 is 9.80 Å². The molecule has 0 saturated carbocycles. The Morgan fingerprint density at radius 1 is 1.00 bits per heavy atom. The number of carbonyl (C=O) groups excluding carboxylic acids is 1. The molecule has 3 aromatic rings. The molecule has 0 aliphatic carbocycles. The summed E-state index contributed by atoms with van der Waals surface area (Å²) in [5, 5.41) is 7.30. The minimum Gasteiger partial charge on any atom is -0.368 e. The van der Waals surface area contributed by atoms with Gasteiger partial charge in [-0.1, -0.05) is 30.3 Å².